The minimum absolute atomic E-state index is 0.0769. The van der Waals surface area contributed by atoms with Crippen LogP contribution in [0.5, 0.6) is 0 Å². The first-order valence-corrected chi connectivity index (χ1v) is 7.67. The molecule has 1 atom stereocenters. The van der Waals surface area contributed by atoms with Gasteiger partial charge in [0, 0.05) is 12.6 Å². The molecular formula is C13H22N4OS. The number of aryl methyl sites for hydroxylation is 1. The second kappa shape index (κ2) is 6.43. The molecule has 0 spiro atoms. The second-order valence-electron chi connectivity index (χ2n) is 5.45. The Kier molecular flexibility index (Phi) is 4.87. The van der Waals surface area contributed by atoms with Crippen LogP contribution in [0.1, 0.15) is 42.1 Å². The largest absolute Gasteiger partial charge is 0.335 e. The number of aromatic nitrogens is 2. The summed E-state index contributed by atoms with van der Waals surface area (Å²) in [4.78, 5) is 15.2. The lowest BCUT2D eigenvalue weighted by Gasteiger charge is -2.32. The first-order chi connectivity index (χ1) is 9.09. The molecular weight excluding hydrogens is 260 g/mol. The van der Waals surface area contributed by atoms with Gasteiger partial charge < -0.3 is 10.2 Å². The Morgan fingerprint density at radius 3 is 2.89 bits per heavy atom. The van der Waals surface area contributed by atoms with E-state index in [9.17, 15) is 4.79 Å². The quantitative estimate of drug-likeness (QED) is 0.913. The van der Waals surface area contributed by atoms with Gasteiger partial charge >= 0.3 is 0 Å². The molecule has 1 unspecified atom stereocenters. The molecule has 1 fully saturated rings. The SMILES string of the molecule is Cc1nnsc1C(=O)N(CC1CCCNC1)C(C)C. The molecule has 6 heteroatoms. The van der Waals surface area contributed by atoms with Crippen molar-refractivity contribution >= 4 is 17.4 Å². The smallest absolute Gasteiger partial charge is 0.267 e. The predicted octanol–water partition coefficient (Wildman–Crippen LogP) is 1.70. The number of nitrogens with zero attached hydrogens (tertiary/aromatic N) is 3. The highest BCUT2D eigenvalue weighted by Gasteiger charge is 2.26. The number of rotatable bonds is 4. The molecule has 2 heterocycles. The van der Waals surface area contributed by atoms with Crippen LogP contribution < -0.4 is 5.32 Å². The fourth-order valence-electron chi connectivity index (χ4n) is 2.44. The molecule has 106 valence electrons. The Balaban J connectivity index is 2.07. The zero-order chi connectivity index (χ0) is 13.8. The molecule has 1 aliphatic rings. The molecule has 1 aliphatic heterocycles. The standard InChI is InChI=1S/C13H22N4OS/c1-9(2)17(8-11-5-4-6-14-7-11)13(18)12-10(3)15-16-19-12/h9,11,14H,4-8H2,1-3H3. The van der Waals surface area contributed by atoms with Crippen molar-refractivity contribution in [3.05, 3.63) is 10.6 Å². The minimum atomic E-state index is 0.0769. The summed E-state index contributed by atoms with van der Waals surface area (Å²) in [5, 5.41) is 7.34. The van der Waals surface area contributed by atoms with Gasteiger partial charge in [-0.2, -0.15) is 0 Å². The summed E-state index contributed by atoms with van der Waals surface area (Å²) in [6.07, 6.45) is 2.40. The number of carbonyl (C=O) groups excluding carboxylic acids is 1. The number of piperidine rings is 1. The topological polar surface area (TPSA) is 58.1 Å². The van der Waals surface area contributed by atoms with Crippen molar-refractivity contribution in [3.63, 3.8) is 0 Å². The highest BCUT2D eigenvalue weighted by molar-refractivity contribution is 7.07. The van der Waals surface area contributed by atoms with Crippen LogP contribution in [0.25, 0.3) is 0 Å². The Morgan fingerprint density at radius 2 is 2.37 bits per heavy atom. The Bertz CT molecular complexity index is 426. The van der Waals surface area contributed by atoms with E-state index in [-0.39, 0.29) is 11.9 Å². The number of amides is 1. The van der Waals surface area contributed by atoms with Crippen LogP contribution in [0.15, 0.2) is 0 Å². The highest BCUT2D eigenvalue weighted by atomic mass is 32.1. The second-order valence-corrected chi connectivity index (χ2v) is 6.21. The van der Waals surface area contributed by atoms with Gasteiger partial charge in [-0.15, -0.1) is 5.10 Å². The van der Waals surface area contributed by atoms with E-state index in [1.807, 2.05) is 11.8 Å². The average Bonchev–Trinajstić information content (AvgIpc) is 2.82. The van der Waals surface area contributed by atoms with Crippen LogP contribution in [0.4, 0.5) is 0 Å². The van der Waals surface area contributed by atoms with Crippen molar-refractivity contribution < 1.29 is 4.79 Å². The monoisotopic (exact) mass is 282 g/mol. The lowest BCUT2D eigenvalue weighted by atomic mass is 9.98. The summed E-state index contributed by atoms with van der Waals surface area (Å²) in [6, 6.07) is 0.205. The Hall–Kier alpha value is -1.01. The molecule has 1 aromatic rings. The van der Waals surface area contributed by atoms with Crippen LogP contribution in [-0.2, 0) is 0 Å². The first kappa shape index (κ1) is 14.4. The van der Waals surface area contributed by atoms with Crippen molar-refractivity contribution in [1.82, 2.24) is 19.8 Å². The third kappa shape index (κ3) is 3.51. The average molecular weight is 282 g/mol. The fourth-order valence-corrected chi connectivity index (χ4v) is 3.06. The zero-order valence-electron chi connectivity index (χ0n) is 11.8. The van der Waals surface area contributed by atoms with Gasteiger partial charge in [0.05, 0.1) is 5.69 Å². The fraction of sp³-hybridized carbons (Fsp3) is 0.769. The zero-order valence-corrected chi connectivity index (χ0v) is 12.7. The molecule has 19 heavy (non-hydrogen) atoms. The van der Waals surface area contributed by atoms with Gasteiger partial charge in [-0.1, -0.05) is 4.49 Å². The number of hydrogen-bond donors (Lipinski definition) is 1. The molecule has 1 N–H and O–H groups in total. The molecule has 0 radical (unpaired) electrons. The molecule has 2 rings (SSSR count). The van der Waals surface area contributed by atoms with Gasteiger partial charge in [-0.05, 0) is 64.2 Å². The number of nitrogens with one attached hydrogen (secondary N) is 1. The van der Waals surface area contributed by atoms with Crippen LogP contribution in [0.3, 0.4) is 0 Å². The third-order valence-corrected chi connectivity index (χ3v) is 4.40. The summed E-state index contributed by atoms with van der Waals surface area (Å²) in [7, 11) is 0. The first-order valence-electron chi connectivity index (χ1n) is 6.90. The van der Waals surface area contributed by atoms with E-state index in [2.05, 4.69) is 28.8 Å². The van der Waals surface area contributed by atoms with Crippen molar-refractivity contribution in [1.29, 1.82) is 0 Å². The van der Waals surface area contributed by atoms with Gasteiger partial charge in [0.15, 0.2) is 0 Å². The van der Waals surface area contributed by atoms with E-state index < -0.39 is 0 Å². The molecule has 0 bridgehead atoms. The molecule has 1 aromatic heterocycles. The predicted molar refractivity (Wildman–Crippen MR) is 76.4 cm³/mol. The van der Waals surface area contributed by atoms with Crippen LogP contribution in [-0.4, -0.2) is 46.1 Å². The third-order valence-electron chi connectivity index (χ3n) is 3.58. The van der Waals surface area contributed by atoms with Gasteiger partial charge in [0.1, 0.15) is 4.88 Å². The molecule has 1 amide bonds. The summed E-state index contributed by atoms with van der Waals surface area (Å²) >= 11 is 1.20. The van der Waals surface area contributed by atoms with Crippen molar-refractivity contribution in [3.8, 4) is 0 Å². The summed E-state index contributed by atoms with van der Waals surface area (Å²) in [5.74, 6) is 0.634. The van der Waals surface area contributed by atoms with E-state index in [1.54, 1.807) is 0 Å². The maximum Gasteiger partial charge on any atom is 0.267 e. The Labute approximate surface area is 118 Å². The van der Waals surface area contributed by atoms with Crippen LogP contribution in [0, 0.1) is 12.8 Å². The Morgan fingerprint density at radius 1 is 1.58 bits per heavy atom. The maximum atomic E-state index is 12.6. The van der Waals surface area contributed by atoms with Crippen LogP contribution in [0.2, 0.25) is 0 Å². The molecule has 0 saturated carbocycles. The van der Waals surface area contributed by atoms with E-state index >= 15 is 0 Å². The number of carbonyl (C=O) groups is 1. The van der Waals surface area contributed by atoms with E-state index in [1.165, 1.54) is 24.4 Å². The summed E-state index contributed by atoms with van der Waals surface area (Å²) < 4.78 is 3.86. The van der Waals surface area contributed by atoms with Crippen molar-refractivity contribution in [2.24, 2.45) is 5.92 Å². The summed E-state index contributed by atoms with van der Waals surface area (Å²) in [5.41, 5.74) is 0.738. The molecule has 5 nitrogen and oxygen atoms in total. The van der Waals surface area contributed by atoms with Crippen molar-refractivity contribution in [2.45, 2.75) is 39.7 Å². The molecule has 1 saturated heterocycles. The lowest BCUT2D eigenvalue weighted by molar-refractivity contribution is 0.0665. The van der Waals surface area contributed by atoms with Crippen molar-refractivity contribution in [2.75, 3.05) is 19.6 Å². The number of hydrogen-bond acceptors (Lipinski definition) is 5. The van der Waals surface area contributed by atoms with Gasteiger partial charge in [0.2, 0.25) is 0 Å². The lowest BCUT2D eigenvalue weighted by Crippen LogP contribution is -2.44. The summed E-state index contributed by atoms with van der Waals surface area (Å²) in [6.45, 7) is 8.91. The van der Waals surface area contributed by atoms with E-state index in [0.29, 0.717) is 10.8 Å². The molecule has 0 aliphatic carbocycles. The molecule has 0 aromatic carbocycles. The van der Waals surface area contributed by atoms with E-state index in [0.717, 1.165) is 25.3 Å². The van der Waals surface area contributed by atoms with Gasteiger partial charge in [0.25, 0.3) is 5.91 Å². The van der Waals surface area contributed by atoms with Crippen LogP contribution >= 0.6 is 11.5 Å². The van der Waals surface area contributed by atoms with Gasteiger partial charge in [-0.3, -0.25) is 4.79 Å². The highest BCUT2D eigenvalue weighted by Crippen LogP contribution is 2.18. The maximum absolute atomic E-state index is 12.6. The normalized spacial score (nSPS) is 19.7. The van der Waals surface area contributed by atoms with Gasteiger partial charge in [-0.25, -0.2) is 0 Å². The van der Waals surface area contributed by atoms with E-state index in [4.69, 9.17) is 0 Å². The minimum Gasteiger partial charge on any atom is -0.335 e.